The molecule has 156 valence electrons. The van der Waals surface area contributed by atoms with Gasteiger partial charge < -0.3 is 15.3 Å². The van der Waals surface area contributed by atoms with Gasteiger partial charge in [0, 0.05) is 22.9 Å². The Labute approximate surface area is 184 Å². The Balaban J connectivity index is 1.47. The van der Waals surface area contributed by atoms with Crippen LogP contribution in [-0.2, 0) is 15.0 Å². The minimum Gasteiger partial charge on any atom is -0.480 e. The predicted octanol–water partition coefficient (Wildman–Crippen LogP) is 5.05. The first kappa shape index (κ1) is 19.6. The van der Waals surface area contributed by atoms with Crippen LogP contribution in [0.3, 0.4) is 0 Å². The maximum atomic E-state index is 13.4. The van der Waals surface area contributed by atoms with Gasteiger partial charge in [-0.05, 0) is 79.8 Å². The van der Waals surface area contributed by atoms with Crippen molar-refractivity contribution in [1.82, 2.24) is 0 Å². The summed E-state index contributed by atoms with van der Waals surface area (Å²) in [7, 11) is 1.84. The number of benzene rings is 2. The lowest BCUT2D eigenvalue weighted by molar-refractivity contribution is -0.145. The highest BCUT2D eigenvalue weighted by molar-refractivity contribution is 9.10. The van der Waals surface area contributed by atoms with E-state index < -0.39 is 16.9 Å². The quantitative estimate of drug-likeness (QED) is 0.658. The number of fused-ring (bicyclic) bond motifs is 2. The van der Waals surface area contributed by atoms with Crippen LogP contribution >= 0.6 is 15.9 Å². The summed E-state index contributed by atoms with van der Waals surface area (Å²) in [5, 5.41) is 13.4. The maximum Gasteiger partial charge on any atom is 0.329 e. The third-order valence-electron chi connectivity index (χ3n) is 7.24. The van der Waals surface area contributed by atoms with E-state index >= 15 is 0 Å². The van der Waals surface area contributed by atoms with E-state index in [0.29, 0.717) is 31.6 Å². The van der Waals surface area contributed by atoms with E-state index in [9.17, 15) is 14.7 Å². The second kappa shape index (κ2) is 6.84. The van der Waals surface area contributed by atoms with Gasteiger partial charge in [0.15, 0.2) is 0 Å². The molecule has 2 N–H and O–H groups in total. The molecule has 5 rings (SSSR count). The summed E-state index contributed by atoms with van der Waals surface area (Å²) in [6, 6.07) is 14.0. The smallest absolute Gasteiger partial charge is 0.329 e. The molecule has 3 aliphatic rings. The van der Waals surface area contributed by atoms with Crippen molar-refractivity contribution in [1.29, 1.82) is 0 Å². The van der Waals surface area contributed by atoms with Gasteiger partial charge in [-0.2, -0.15) is 0 Å². The highest BCUT2D eigenvalue weighted by Gasteiger charge is 2.56. The van der Waals surface area contributed by atoms with Gasteiger partial charge in [-0.25, -0.2) is 4.79 Å². The third-order valence-corrected chi connectivity index (χ3v) is 7.73. The fraction of sp³-hybridized carbons (Fsp3) is 0.417. The number of nitrogens with zero attached hydrogens (tertiary/aromatic N) is 1. The molecule has 1 heterocycles. The zero-order valence-electron chi connectivity index (χ0n) is 17.0. The van der Waals surface area contributed by atoms with E-state index in [1.807, 2.05) is 31.3 Å². The Morgan fingerprint density at radius 1 is 1.13 bits per heavy atom. The number of rotatable bonds is 4. The number of hydrogen-bond acceptors (Lipinski definition) is 3. The summed E-state index contributed by atoms with van der Waals surface area (Å²) in [5.41, 5.74) is 2.50. The topological polar surface area (TPSA) is 69.6 Å². The molecule has 0 bridgehead atoms. The number of carbonyl (C=O) groups is 2. The number of carboxylic acids is 1. The van der Waals surface area contributed by atoms with Gasteiger partial charge in [-0.1, -0.05) is 34.1 Å². The molecule has 1 aliphatic heterocycles. The molecule has 6 heteroatoms. The first-order valence-corrected chi connectivity index (χ1v) is 11.3. The van der Waals surface area contributed by atoms with Crippen LogP contribution < -0.4 is 10.2 Å². The lowest BCUT2D eigenvalue weighted by Crippen LogP contribution is -2.54. The van der Waals surface area contributed by atoms with E-state index in [-0.39, 0.29) is 5.91 Å². The van der Waals surface area contributed by atoms with Crippen LogP contribution in [0.5, 0.6) is 0 Å². The number of carbonyl (C=O) groups excluding carboxylic acids is 1. The third kappa shape index (κ3) is 2.96. The van der Waals surface area contributed by atoms with Crippen molar-refractivity contribution < 1.29 is 14.7 Å². The molecule has 1 spiro atoms. The van der Waals surface area contributed by atoms with Crippen LogP contribution in [-0.4, -0.2) is 29.6 Å². The van der Waals surface area contributed by atoms with E-state index in [1.165, 1.54) is 18.4 Å². The standard InChI is InChI=1S/C24H25BrN2O3/c1-27-20-8-7-16(15-5-6-15)13-19(20)23(21(27)28)9-11-24(12-10-23,22(29)30)26-18-4-2-3-17(25)14-18/h2-4,7-8,13-15,26H,5-6,9-12H2,1H3,(H,29,30). The lowest BCUT2D eigenvalue weighted by atomic mass is 9.64. The average molecular weight is 469 g/mol. The van der Waals surface area contributed by atoms with Crippen LogP contribution in [0.25, 0.3) is 0 Å². The summed E-state index contributed by atoms with van der Waals surface area (Å²) in [6.45, 7) is 0. The first-order valence-electron chi connectivity index (χ1n) is 10.5. The fourth-order valence-corrected chi connectivity index (χ4v) is 5.67. The van der Waals surface area contributed by atoms with Crippen LogP contribution in [0.15, 0.2) is 46.9 Å². The zero-order valence-corrected chi connectivity index (χ0v) is 18.5. The molecular weight excluding hydrogens is 444 g/mol. The second-order valence-electron chi connectivity index (χ2n) is 9.02. The molecule has 1 amide bonds. The zero-order chi connectivity index (χ0) is 21.1. The molecule has 0 radical (unpaired) electrons. The molecule has 0 aromatic heterocycles. The molecule has 0 atom stereocenters. The minimum absolute atomic E-state index is 0.104. The molecule has 30 heavy (non-hydrogen) atoms. The molecule has 0 unspecified atom stereocenters. The number of aliphatic carboxylic acids is 1. The minimum atomic E-state index is -1.07. The number of likely N-dealkylation sites (N-methyl/N-ethyl adjacent to an activating group) is 1. The Morgan fingerprint density at radius 3 is 2.50 bits per heavy atom. The molecule has 2 aliphatic carbocycles. The summed E-state index contributed by atoms with van der Waals surface area (Å²) >= 11 is 3.45. The van der Waals surface area contributed by atoms with Gasteiger partial charge in [-0.15, -0.1) is 0 Å². The molecule has 2 fully saturated rings. The summed E-state index contributed by atoms with van der Waals surface area (Å²) < 4.78 is 0.898. The van der Waals surface area contributed by atoms with E-state index in [0.717, 1.165) is 21.4 Å². The van der Waals surface area contributed by atoms with Gasteiger partial charge in [0.05, 0.1) is 5.41 Å². The summed E-state index contributed by atoms with van der Waals surface area (Å²) in [6.07, 6.45) is 4.31. The van der Waals surface area contributed by atoms with Crippen molar-refractivity contribution in [2.24, 2.45) is 0 Å². The number of carboxylic acid groups (broad SMARTS) is 1. The Kier molecular flexibility index (Phi) is 4.47. The number of anilines is 2. The van der Waals surface area contributed by atoms with Crippen molar-refractivity contribution in [3.05, 3.63) is 58.1 Å². The van der Waals surface area contributed by atoms with Gasteiger partial charge in [0.25, 0.3) is 0 Å². The van der Waals surface area contributed by atoms with Crippen molar-refractivity contribution in [3.63, 3.8) is 0 Å². The molecule has 2 aromatic carbocycles. The maximum absolute atomic E-state index is 13.4. The molecule has 5 nitrogen and oxygen atoms in total. The number of hydrogen-bond donors (Lipinski definition) is 2. The molecule has 0 saturated heterocycles. The SMILES string of the molecule is CN1C(=O)C2(CCC(Nc3cccc(Br)c3)(C(=O)O)CC2)c2cc(C3CC3)ccc21. The average Bonchev–Trinajstić information content (AvgIpc) is 3.56. The van der Waals surface area contributed by atoms with E-state index in [2.05, 4.69) is 39.4 Å². The van der Waals surface area contributed by atoms with Gasteiger partial charge in [-0.3, -0.25) is 4.79 Å². The summed E-state index contributed by atoms with van der Waals surface area (Å²) in [4.78, 5) is 27.5. The number of amides is 1. The largest absolute Gasteiger partial charge is 0.480 e. The van der Waals surface area contributed by atoms with Crippen molar-refractivity contribution >= 4 is 39.2 Å². The van der Waals surface area contributed by atoms with Crippen LogP contribution in [0, 0.1) is 0 Å². The number of nitrogens with one attached hydrogen (secondary N) is 1. The van der Waals surface area contributed by atoms with Crippen LogP contribution in [0.2, 0.25) is 0 Å². The van der Waals surface area contributed by atoms with Crippen LogP contribution in [0.1, 0.15) is 55.6 Å². The lowest BCUT2D eigenvalue weighted by Gasteiger charge is -2.42. The van der Waals surface area contributed by atoms with Crippen molar-refractivity contribution in [2.45, 2.75) is 55.4 Å². The Hall–Kier alpha value is -2.34. The van der Waals surface area contributed by atoms with E-state index in [4.69, 9.17) is 0 Å². The molecule has 2 aromatic rings. The first-order chi connectivity index (χ1) is 14.3. The van der Waals surface area contributed by atoms with Gasteiger partial charge in [0.2, 0.25) is 5.91 Å². The van der Waals surface area contributed by atoms with Crippen molar-refractivity contribution in [3.8, 4) is 0 Å². The number of halogens is 1. The van der Waals surface area contributed by atoms with Gasteiger partial charge in [0.1, 0.15) is 5.54 Å². The van der Waals surface area contributed by atoms with E-state index in [1.54, 1.807) is 4.90 Å². The van der Waals surface area contributed by atoms with Crippen LogP contribution in [0.4, 0.5) is 11.4 Å². The molecule has 2 saturated carbocycles. The van der Waals surface area contributed by atoms with Gasteiger partial charge >= 0.3 is 5.97 Å². The second-order valence-corrected chi connectivity index (χ2v) is 9.94. The Morgan fingerprint density at radius 2 is 1.87 bits per heavy atom. The molecular formula is C24H25BrN2O3. The monoisotopic (exact) mass is 468 g/mol. The van der Waals surface area contributed by atoms with Crippen molar-refractivity contribution in [2.75, 3.05) is 17.3 Å². The predicted molar refractivity (Wildman–Crippen MR) is 120 cm³/mol. The fourth-order valence-electron chi connectivity index (χ4n) is 5.27. The summed E-state index contributed by atoms with van der Waals surface area (Å²) in [5.74, 6) is -0.136. The highest BCUT2D eigenvalue weighted by atomic mass is 79.9. The normalized spacial score (nSPS) is 27.9. The Bertz CT molecular complexity index is 1040. The highest BCUT2D eigenvalue weighted by Crippen LogP contribution is 2.53.